The van der Waals surface area contributed by atoms with E-state index in [-0.39, 0.29) is 23.8 Å². The fraction of sp³-hybridized carbons (Fsp3) is 0.440. The number of rotatable bonds is 8. The first-order valence-electron chi connectivity index (χ1n) is 11.2. The summed E-state index contributed by atoms with van der Waals surface area (Å²) in [6, 6.07) is 20.5. The molecule has 2 aromatic rings. The third-order valence-electron chi connectivity index (χ3n) is 6.24. The smallest absolute Gasteiger partial charge is 0.225 e. The second kappa shape index (κ2) is 10.6. The Morgan fingerprint density at radius 2 is 1.71 bits per heavy atom. The van der Waals surface area contributed by atoms with Crippen molar-refractivity contribution >= 4 is 11.8 Å². The van der Waals surface area contributed by atoms with Crippen molar-refractivity contribution < 1.29 is 14.3 Å². The van der Waals surface area contributed by atoms with Crippen molar-refractivity contribution in [3.05, 3.63) is 71.8 Å². The van der Waals surface area contributed by atoms with Gasteiger partial charge in [0.2, 0.25) is 11.8 Å². The first-order valence-corrected chi connectivity index (χ1v) is 11.2. The molecule has 2 fully saturated rings. The molecular weight excluding hydrogens is 390 g/mol. The van der Waals surface area contributed by atoms with E-state index in [1.54, 1.807) is 0 Å². The van der Waals surface area contributed by atoms with Crippen LogP contribution in [0.15, 0.2) is 60.7 Å². The highest BCUT2D eigenvalue weighted by Crippen LogP contribution is 2.23. The molecule has 2 heterocycles. The Labute approximate surface area is 184 Å². The van der Waals surface area contributed by atoms with Gasteiger partial charge >= 0.3 is 0 Å². The summed E-state index contributed by atoms with van der Waals surface area (Å²) in [7, 11) is 0. The molecule has 2 atom stereocenters. The van der Waals surface area contributed by atoms with E-state index in [9.17, 15) is 9.59 Å². The normalized spacial score (nSPS) is 20.6. The predicted octanol–water partition coefficient (Wildman–Crippen LogP) is 2.27. The number of carbonyl (C=O) groups excluding carboxylic acids is 2. The van der Waals surface area contributed by atoms with E-state index in [1.807, 2.05) is 41.3 Å². The molecule has 2 aliphatic rings. The van der Waals surface area contributed by atoms with Crippen LogP contribution in [0.2, 0.25) is 0 Å². The summed E-state index contributed by atoms with van der Waals surface area (Å²) in [5, 5.41) is 3.14. The zero-order valence-electron chi connectivity index (χ0n) is 17.9. The van der Waals surface area contributed by atoms with Crippen molar-refractivity contribution in [3.8, 4) is 0 Å². The fourth-order valence-electron chi connectivity index (χ4n) is 4.44. The van der Waals surface area contributed by atoms with Crippen LogP contribution in [-0.4, -0.2) is 67.6 Å². The number of benzene rings is 2. The van der Waals surface area contributed by atoms with Crippen LogP contribution in [0.3, 0.4) is 0 Å². The lowest BCUT2D eigenvalue weighted by Crippen LogP contribution is -2.45. The summed E-state index contributed by atoms with van der Waals surface area (Å²) in [6.07, 6.45) is 1.11. The molecule has 0 bridgehead atoms. The molecule has 4 rings (SSSR count). The maximum Gasteiger partial charge on any atom is 0.225 e. The summed E-state index contributed by atoms with van der Waals surface area (Å²) in [5.41, 5.74) is 2.40. The second-order valence-corrected chi connectivity index (χ2v) is 8.30. The number of morpholine rings is 1. The summed E-state index contributed by atoms with van der Waals surface area (Å²) in [5.74, 6) is -0.224. The van der Waals surface area contributed by atoms with Crippen molar-refractivity contribution in [2.75, 3.05) is 45.9 Å². The van der Waals surface area contributed by atoms with Crippen LogP contribution in [0.1, 0.15) is 23.6 Å². The van der Waals surface area contributed by atoms with Crippen LogP contribution in [0, 0.1) is 5.92 Å². The van der Waals surface area contributed by atoms with Crippen LogP contribution in [0.5, 0.6) is 0 Å². The average molecular weight is 422 g/mol. The highest BCUT2D eigenvalue weighted by molar-refractivity contribution is 5.89. The largest absolute Gasteiger partial charge is 0.379 e. The number of hydrogen-bond acceptors (Lipinski definition) is 4. The van der Waals surface area contributed by atoms with Crippen LogP contribution >= 0.6 is 0 Å². The lowest BCUT2D eigenvalue weighted by atomic mass is 10.0. The number of ether oxygens (including phenoxy) is 1. The molecule has 0 aromatic heterocycles. The minimum Gasteiger partial charge on any atom is -0.379 e. The topological polar surface area (TPSA) is 61.9 Å². The van der Waals surface area contributed by atoms with Crippen molar-refractivity contribution in [1.82, 2.24) is 15.1 Å². The van der Waals surface area contributed by atoms with Gasteiger partial charge in [-0.05, 0) is 17.5 Å². The Morgan fingerprint density at radius 1 is 1.03 bits per heavy atom. The van der Waals surface area contributed by atoms with E-state index in [4.69, 9.17) is 4.74 Å². The van der Waals surface area contributed by atoms with Gasteiger partial charge in [-0.25, -0.2) is 0 Å². The van der Waals surface area contributed by atoms with Gasteiger partial charge in [-0.15, -0.1) is 0 Å². The van der Waals surface area contributed by atoms with Gasteiger partial charge in [0, 0.05) is 39.1 Å². The van der Waals surface area contributed by atoms with Crippen LogP contribution in [0.25, 0.3) is 0 Å². The summed E-state index contributed by atoms with van der Waals surface area (Å²) < 4.78 is 5.50. The maximum absolute atomic E-state index is 12.9. The molecule has 2 amide bonds. The predicted molar refractivity (Wildman–Crippen MR) is 119 cm³/mol. The maximum atomic E-state index is 12.9. The van der Waals surface area contributed by atoms with Gasteiger partial charge in [-0.1, -0.05) is 60.7 Å². The lowest BCUT2D eigenvalue weighted by molar-refractivity contribution is -0.129. The molecule has 2 aromatic carbocycles. The van der Waals surface area contributed by atoms with Gasteiger partial charge in [0.05, 0.1) is 25.2 Å². The Morgan fingerprint density at radius 3 is 2.42 bits per heavy atom. The number of amides is 2. The zero-order valence-corrected chi connectivity index (χ0v) is 17.9. The molecule has 2 unspecified atom stereocenters. The van der Waals surface area contributed by atoms with E-state index in [0.29, 0.717) is 39.3 Å². The minimum atomic E-state index is -0.274. The molecule has 6 heteroatoms. The van der Waals surface area contributed by atoms with Crippen LogP contribution < -0.4 is 5.32 Å². The molecule has 31 heavy (non-hydrogen) atoms. The molecule has 0 aliphatic carbocycles. The quantitative estimate of drug-likeness (QED) is 0.710. The molecule has 0 saturated carbocycles. The van der Waals surface area contributed by atoms with E-state index in [0.717, 1.165) is 19.5 Å². The first kappa shape index (κ1) is 21.5. The molecule has 6 nitrogen and oxygen atoms in total. The molecule has 0 spiro atoms. The van der Waals surface area contributed by atoms with E-state index in [1.165, 1.54) is 11.1 Å². The number of hydrogen-bond donors (Lipinski definition) is 1. The van der Waals surface area contributed by atoms with Crippen LogP contribution in [0.4, 0.5) is 0 Å². The van der Waals surface area contributed by atoms with Gasteiger partial charge in [-0.2, -0.15) is 0 Å². The van der Waals surface area contributed by atoms with Gasteiger partial charge < -0.3 is 15.0 Å². The molecule has 0 radical (unpaired) electrons. The molecule has 1 N–H and O–H groups in total. The first-order chi connectivity index (χ1) is 15.2. The van der Waals surface area contributed by atoms with Gasteiger partial charge in [-0.3, -0.25) is 14.5 Å². The number of nitrogens with one attached hydrogen (secondary N) is 1. The van der Waals surface area contributed by atoms with E-state index in [2.05, 4.69) is 34.5 Å². The van der Waals surface area contributed by atoms with E-state index < -0.39 is 0 Å². The number of nitrogens with zero attached hydrogens (tertiary/aromatic N) is 2. The van der Waals surface area contributed by atoms with Gasteiger partial charge in [0.15, 0.2) is 0 Å². The van der Waals surface area contributed by atoms with Crippen molar-refractivity contribution in [3.63, 3.8) is 0 Å². The third kappa shape index (κ3) is 5.71. The van der Waals surface area contributed by atoms with Crippen molar-refractivity contribution in [2.45, 2.75) is 18.9 Å². The SMILES string of the molecule is O=C(NCC(c1ccccc1)N1CCOCC1)C1CC(=O)N(CCc2ccccc2)C1. The summed E-state index contributed by atoms with van der Waals surface area (Å²) in [6.45, 7) is 4.83. The average Bonchev–Trinajstić information content (AvgIpc) is 3.20. The number of likely N-dealkylation sites (tertiary alicyclic amines) is 1. The monoisotopic (exact) mass is 421 g/mol. The molecular formula is C25H31N3O3. The van der Waals surface area contributed by atoms with Gasteiger partial charge in [0.1, 0.15) is 0 Å². The zero-order chi connectivity index (χ0) is 21.5. The lowest BCUT2D eigenvalue weighted by Gasteiger charge is -2.35. The highest BCUT2D eigenvalue weighted by Gasteiger charge is 2.34. The minimum absolute atomic E-state index is 0.0234. The Hall–Kier alpha value is -2.70. The summed E-state index contributed by atoms with van der Waals surface area (Å²) >= 11 is 0. The van der Waals surface area contributed by atoms with Crippen LogP contribution in [-0.2, 0) is 20.7 Å². The highest BCUT2D eigenvalue weighted by atomic mass is 16.5. The standard InChI is InChI=1S/C25H31N3O3/c29-24-17-22(19-28(24)12-11-20-7-3-1-4-8-20)25(30)26-18-23(21-9-5-2-6-10-21)27-13-15-31-16-14-27/h1-10,22-23H,11-19H2,(H,26,30). The van der Waals surface area contributed by atoms with Crippen molar-refractivity contribution in [2.24, 2.45) is 5.92 Å². The fourth-order valence-corrected chi connectivity index (χ4v) is 4.44. The Balaban J connectivity index is 1.32. The second-order valence-electron chi connectivity index (χ2n) is 8.30. The molecule has 2 aliphatic heterocycles. The molecule has 164 valence electrons. The Kier molecular flexibility index (Phi) is 7.33. The summed E-state index contributed by atoms with van der Waals surface area (Å²) in [4.78, 5) is 29.5. The molecule has 2 saturated heterocycles. The number of carbonyl (C=O) groups is 2. The van der Waals surface area contributed by atoms with E-state index >= 15 is 0 Å². The van der Waals surface area contributed by atoms with Crippen molar-refractivity contribution in [1.29, 1.82) is 0 Å². The third-order valence-corrected chi connectivity index (χ3v) is 6.24. The van der Waals surface area contributed by atoms with Gasteiger partial charge in [0.25, 0.3) is 0 Å². The Bertz CT molecular complexity index is 853.